The van der Waals surface area contributed by atoms with Crippen LogP contribution in [-0.2, 0) is 27.2 Å². The summed E-state index contributed by atoms with van der Waals surface area (Å²) in [6.45, 7) is 3.97. The van der Waals surface area contributed by atoms with E-state index in [1.54, 1.807) is 0 Å². The molecule has 0 amide bonds. The van der Waals surface area contributed by atoms with Crippen LogP contribution in [0.25, 0.3) is 0 Å². The highest BCUT2D eigenvalue weighted by molar-refractivity contribution is 5.72. The summed E-state index contributed by atoms with van der Waals surface area (Å²) in [5.74, 6) is 1.80. The highest BCUT2D eigenvalue weighted by Crippen LogP contribution is 1.97. The summed E-state index contributed by atoms with van der Waals surface area (Å²) < 4.78 is 8.00. The molecule has 0 fully saturated rings. The smallest absolute Gasteiger partial charge is 0.303 e. The molecular weight excluding hydrogens is 455 g/mol. The van der Waals surface area contributed by atoms with Gasteiger partial charge < -0.3 is 45.0 Å². The van der Waals surface area contributed by atoms with Gasteiger partial charge in [-0.1, -0.05) is 10.3 Å². The lowest BCUT2D eigenvalue weighted by Crippen LogP contribution is -3.00. The molecule has 0 aromatic carbocycles. The second-order valence-corrected chi connectivity index (χ2v) is 7.72. The van der Waals surface area contributed by atoms with Crippen molar-refractivity contribution in [3.8, 4) is 0 Å². The molecule has 2 heterocycles. The van der Waals surface area contributed by atoms with E-state index in [0.717, 1.165) is 50.7 Å². The van der Waals surface area contributed by atoms with Crippen molar-refractivity contribution < 1.29 is 44.4 Å². The van der Waals surface area contributed by atoms with Crippen molar-refractivity contribution >= 4 is 12.4 Å². The molecule has 0 saturated heterocycles. The molecule has 0 unspecified atom stereocenters. The summed E-state index contributed by atoms with van der Waals surface area (Å²) in [6, 6.07) is 0. The second kappa shape index (κ2) is 17.4. The van der Waals surface area contributed by atoms with E-state index in [1.807, 2.05) is 48.0 Å². The Morgan fingerprint density at radius 2 is 1.12 bits per heavy atom. The maximum atomic E-state index is 8.54. The first kappa shape index (κ1) is 32.0. The summed E-state index contributed by atoms with van der Waals surface area (Å²) in [7, 11) is 12.1. The van der Waals surface area contributed by atoms with Crippen molar-refractivity contribution in [2.75, 3.05) is 41.3 Å². The number of nitrogens with zero attached hydrogens (tertiary/aromatic N) is 8. The van der Waals surface area contributed by atoms with E-state index in [-0.39, 0.29) is 24.8 Å². The van der Waals surface area contributed by atoms with E-state index in [0.29, 0.717) is 0 Å². The summed E-state index contributed by atoms with van der Waals surface area (Å²) >= 11 is 0. The van der Waals surface area contributed by atoms with Gasteiger partial charge in [0.2, 0.25) is 0 Å². The Morgan fingerprint density at radius 1 is 0.781 bits per heavy atom. The fourth-order valence-electron chi connectivity index (χ4n) is 3.00. The van der Waals surface area contributed by atoms with E-state index in [9.17, 15) is 0 Å². The Kier molecular flexibility index (Phi) is 17.4. The number of hydrogen-bond acceptors (Lipinski definition) is 6. The number of rotatable bonds is 10. The third-order valence-electron chi connectivity index (χ3n) is 4.61. The molecule has 0 spiro atoms. The van der Waals surface area contributed by atoms with Crippen molar-refractivity contribution in [2.45, 2.75) is 25.9 Å². The Morgan fingerprint density at radius 3 is 1.41 bits per heavy atom. The van der Waals surface area contributed by atoms with Crippen LogP contribution in [0.1, 0.15) is 24.5 Å². The van der Waals surface area contributed by atoms with Gasteiger partial charge in [-0.2, -0.15) is 0 Å². The van der Waals surface area contributed by atoms with Crippen molar-refractivity contribution in [2.24, 2.45) is 24.4 Å². The van der Waals surface area contributed by atoms with Gasteiger partial charge in [-0.25, -0.2) is 18.3 Å². The zero-order valence-electron chi connectivity index (χ0n) is 19.9. The van der Waals surface area contributed by atoms with Crippen LogP contribution in [0.5, 0.6) is 0 Å². The average molecular weight is 493 g/mol. The van der Waals surface area contributed by atoms with Crippen LogP contribution in [-0.4, -0.2) is 83.1 Å². The van der Waals surface area contributed by atoms with Crippen LogP contribution in [0.2, 0.25) is 0 Å². The van der Waals surface area contributed by atoms with Gasteiger partial charge in [-0.05, 0) is 41.0 Å². The highest BCUT2D eigenvalue weighted by atomic mass is 35.5. The molecule has 0 radical (unpaired) electrons. The zero-order valence-corrected chi connectivity index (χ0v) is 21.4. The van der Waals surface area contributed by atoms with Gasteiger partial charge in [0.25, 0.3) is 0 Å². The predicted molar refractivity (Wildman–Crippen MR) is 116 cm³/mol. The number of aromatic nitrogens is 4. The molecule has 0 bridgehead atoms. The molecule has 0 atom stereocenters. The standard InChI is InChI=1S/2C10H18N4O.2ClH/c2*1-12(2)5-4-6-14-8-7-13(3)10(14)9-11-15;;/h2*7-9H,4-6H2,1-3H3;2*1H. The summed E-state index contributed by atoms with van der Waals surface area (Å²) in [5, 5.41) is 23.2. The molecule has 2 rings (SSSR count). The summed E-state index contributed by atoms with van der Waals surface area (Å²) in [5.41, 5.74) is 0. The largest absolute Gasteiger partial charge is 1.00 e. The van der Waals surface area contributed by atoms with Gasteiger partial charge in [-0.15, -0.1) is 0 Å². The molecule has 0 aliphatic rings. The SMILES string of the molecule is CN(C)CCCn1cc[n+](C)c1/C=N\O.CN(C)CCCn1cc[n+](C)c1/C=N\O.[Cl-].[Cl-]. The maximum absolute atomic E-state index is 8.54. The van der Waals surface area contributed by atoms with Crippen molar-refractivity contribution in [1.82, 2.24) is 18.9 Å². The van der Waals surface area contributed by atoms with Crippen LogP contribution in [0, 0.1) is 0 Å². The van der Waals surface area contributed by atoms with Gasteiger partial charge >= 0.3 is 11.6 Å². The third-order valence-corrected chi connectivity index (χ3v) is 4.61. The first-order valence-corrected chi connectivity index (χ1v) is 10.0. The van der Waals surface area contributed by atoms with Crippen LogP contribution in [0.3, 0.4) is 0 Å². The molecule has 184 valence electrons. The molecule has 0 aliphatic carbocycles. The fraction of sp³-hybridized carbons (Fsp3) is 0.600. The molecule has 2 aromatic rings. The zero-order chi connectivity index (χ0) is 22.5. The van der Waals surface area contributed by atoms with Crippen LogP contribution in [0.4, 0.5) is 0 Å². The van der Waals surface area contributed by atoms with Crippen LogP contribution < -0.4 is 33.9 Å². The van der Waals surface area contributed by atoms with Gasteiger partial charge in [0, 0.05) is 13.1 Å². The highest BCUT2D eigenvalue weighted by Gasteiger charge is 2.12. The van der Waals surface area contributed by atoms with Crippen LogP contribution >= 0.6 is 0 Å². The quantitative estimate of drug-likeness (QED) is 0.149. The van der Waals surface area contributed by atoms with Crippen LogP contribution in [0.15, 0.2) is 35.1 Å². The van der Waals surface area contributed by atoms with Gasteiger partial charge in [-0.3, -0.25) is 0 Å². The Balaban J connectivity index is 0. The molecule has 32 heavy (non-hydrogen) atoms. The van der Waals surface area contributed by atoms with E-state index in [1.165, 1.54) is 12.4 Å². The van der Waals surface area contributed by atoms with Crippen molar-refractivity contribution in [1.29, 1.82) is 0 Å². The monoisotopic (exact) mass is 492 g/mol. The molecule has 10 nitrogen and oxygen atoms in total. The summed E-state index contributed by atoms with van der Waals surface area (Å²) in [6.07, 6.45) is 13.0. The van der Waals surface area contributed by atoms with E-state index in [4.69, 9.17) is 10.4 Å². The lowest BCUT2D eigenvalue weighted by molar-refractivity contribution is -0.672. The number of oxime groups is 2. The maximum Gasteiger partial charge on any atom is 0.303 e. The van der Waals surface area contributed by atoms with E-state index < -0.39 is 0 Å². The molecule has 2 N–H and O–H groups in total. The third kappa shape index (κ3) is 11.5. The van der Waals surface area contributed by atoms with Gasteiger partial charge in [0.05, 0.1) is 27.2 Å². The minimum Gasteiger partial charge on any atom is -1.00 e. The first-order valence-electron chi connectivity index (χ1n) is 10.0. The van der Waals surface area contributed by atoms with Gasteiger partial charge in [0.1, 0.15) is 24.8 Å². The summed E-state index contributed by atoms with van der Waals surface area (Å²) in [4.78, 5) is 4.31. The predicted octanol–water partition coefficient (Wildman–Crippen LogP) is -5.85. The van der Waals surface area contributed by atoms with E-state index in [2.05, 4.69) is 57.4 Å². The second-order valence-electron chi connectivity index (χ2n) is 7.72. The molecule has 0 saturated carbocycles. The number of imidazole rings is 2. The number of aryl methyl sites for hydroxylation is 4. The average Bonchev–Trinajstić information content (AvgIpc) is 3.20. The van der Waals surface area contributed by atoms with Crippen molar-refractivity contribution in [3.63, 3.8) is 0 Å². The molecule has 0 aliphatic heterocycles. The fourth-order valence-corrected chi connectivity index (χ4v) is 3.00. The van der Waals surface area contributed by atoms with Crippen molar-refractivity contribution in [3.05, 3.63) is 36.4 Å². The van der Waals surface area contributed by atoms with E-state index >= 15 is 0 Å². The minimum atomic E-state index is 0. The Hall–Kier alpha value is -2.14. The lowest BCUT2D eigenvalue weighted by Gasteiger charge is -2.07. The Bertz CT molecular complexity index is 737. The molecule has 2 aromatic heterocycles. The number of halogens is 2. The normalized spacial score (nSPS) is 11.0. The lowest BCUT2D eigenvalue weighted by atomic mass is 10.4. The first-order chi connectivity index (χ1) is 14.3. The molecule has 12 heteroatoms. The van der Waals surface area contributed by atoms with Gasteiger partial charge in [0.15, 0.2) is 12.4 Å². The molecular formula is C20H38Cl2N8O2. The Labute approximate surface area is 203 Å². The topological polar surface area (TPSA) is 89.3 Å². The minimum absolute atomic E-state index is 0. The number of hydrogen-bond donors (Lipinski definition) is 2.